The predicted molar refractivity (Wildman–Crippen MR) is 133 cm³/mol. The van der Waals surface area contributed by atoms with E-state index in [9.17, 15) is 9.59 Å². The summed E-state index contributed by atoms with van der Waals surface area (Å²) in [5.74, 6) is 2.66. The van der Waals surface area contributed by atoms with Crippen molar-refractivity contribution in [3.8, 4) is 0 Å². The Balaban J connectivity index is 1.25. The highest BCUT2D eigenvalue weighted by atomic mass is 16.5. The molecule has 1 saturated carbocycles. The van der Waals surface area contributed by atoms with Gasteiger partial charge in [0.15, 0.2) is 5.78 Å². The number of carbonyl (C=O) groups excluding carboxylic acids is 2. The average Bonchev–Trinajstić information content (AvgIpc) is 3.38. The molecule has 33 heavy (non-hydrogen) atoms. The van der Waals surface area contributed by atoms with E-state index in [4.69, 9.17) is 4.74 Å². The van der Waals surface area contributed by atoms with Crippen molar-refractivity contribution in [1.29, 1.82) is 0 Å². The summed E-state index contributed by atoms with van der Waals surface area (Å²) >= 11 is 0. The molecule has 4 rings (SSSR count). The number of hydrogen-bond acceptors (Lipinski definition) is 3. The topological polar surface area (TPSA) is 43.4 Å². The highest BCUT2D eigenvalue weighted by Gasteiger charge is 2.32. The molecule has 0 N–H and O–H groups in total. The zero-order chi connectivity index (χ0) is 23.0. The molecule has 1 atom stereocenters. The first-order chi connectivity index (χ1) is 16.1. The van der Waals surface area contributed by atoms with Crippen molar-refractivity contribution in [3.63, 3.8) is 0 Å². The smallest absolute Gasteiger partial charge is 0.162 e. The van der Waals surface area contributed by atoms with Gasteiger partial charge in [0.1, 0.15) is 5.78 Å². The Morgan fingerprint density at radius 1 is 1.03 bits per heavy atom. The summed E-state index contributed by atoms with van der Waals surface area (Å²) in [6.45, 7) is 3.98. The zero-order valence-corrected chi connectivity index (χ0v) is 20.3. The largest absolute Gasteiger partial charge is 0.381 e. The Labute approximate surface area is 199 Å². The lowest BCUT2D eigenvalue weighted by Crippen LogP contribution is -2.27. The summed E-state index contributed by atoms with van der Waals surface area (Å²) in [7, 11) is 0. The summed E-state index contributed by atoms with van der Waals surface area (Å²) in [4.78, 5) is 25.7. The van der Waals surface area contributed by atoms with Gasteiger partial charge >= 0.3 is 0 Å². The summed E-state index contributed by atoms with van der Waals surface area (Å²) in [6.07, 6.45) is 16.7. The second kappa shape index (κ2) is 11.9. The maximum absolute atomic E-state index is 13.0. The van der Waals surface area contributed by atoms with Crippen molar-refractivity contribution in [2.45, 2.75) is 77.6 Å². The molecular weight excluding hydrogens is 408 g/mol. The molecule has 0 spiro atoms. The fourth-order valence-corrected chi connectivity index (χ4v) is 6.13. The predicted octanol–water partition coefficient (Wildman–Crippen LogP) is 6.45. The second-order valence-electron chi connectivity index (χ2n) is 10.5. The van der Waals surface area contributed by atoms with E-state index >= 15 is 0 Å². The van der Waals surface area contributed by atoms with Crippen molar-refractivity contribution >= 4 is 11.6 Å². The minimum Gasteiger partial charge on any atom is -0.381 e. The SMILES string of the molecule is CCC(CC(=O)Cc1cccc(CC2CCOCC2)c1)C1CCC(C(=O)C2=CC=CC2)CC1. The van der Waals surface area contributed by atoms with Crippen LogP contribution in [0.25, 0.3) is 0 Å². The normalized spacial score (nSPS) is 24.5. The van der Waals surface area contributed by atoms with Crippen molar-refractivity contribution in [2.75, 3.05) is 13.2 Å². The van der Waals surface area contributed by atoms with Crippen LogP contribution in [0.2, 0.25) is 0 Å². The molecule has 3 heteroatoms. The molecule has 1 saturated heterocycles. The molecule has 3 nitrogen and oxygen atoms in total. The van der Waals surface area contributed by atoms with E-state index in [-0.39, 0.29) is 5.92 Å². The third kappa shape index (κ3) is 6.76. The zero-order valence-electron chi connectivity index (χ0n) is 20.3. The third-order valence-electron chi connectivity index (χ3n) is 8.17. The van der Waals surface area contributed by atoms with Gasteiger partial charge in [0.05, 0.1) is 0 Å². The molecular formula is C30H40O3. The van der Waals surface area contributed by atoms with E-state index in [2.05, 4.69) is 37.3 Å². The minimum absolute atomic E-state index is 0.194. The van der Waals surface area contributed by atoms with Gasteiger partial charge in [0.25, 0.3) is 0 Å². The molecule has 2 aliphatic carbocycles. The number of allylic oxidation sites excluding steroid dienone is 4. The molecule has 0 radical (unpaired) electrons. The molecule has 0 bridgehead atoms. The molecule has 1 unspecified atom stereocenters. The van der Waals surface area contributed by atoms with Crippen LogP contribution >= 0.6 is 0 Å². The third-order valence-corrected chi connectivity index (χ3v) is 8.17. The molecule has 0 aromatic heterocycles. The summed E-state index contributed by atoms with van der Waals surface area (Å²) in [5.41, 5.74) is 3.50. The summed E-state index contributed by atoms with van der Waals surface area (Å²) in [5, 5.41) is 0. The first kappa shape index (κ1) is 24.1. The van der Waals surface area contributed by atoms with Crippen molar-refractivity contribution in [2.24, 2.45) is 23.7 Å². The van der Waals surface area contributed by atoms with Gasteiger partial charge in [-0.2, -0.15) is 0 Å². The minimum atomic E-state index is 0.194. The van der Waals surface area contributed by atoms with Gasteiger partial charge < -0.3 is 4.74 Å². The maximum atomic E-state index is 13.0. The molecule has 1 heterocycles. The molecule has 1 aromatic carbocycles. The average molecular weight is 449 g/mol. The van der Waals surface area contributed by atoms with Crippen LogP contribution in [0.3, 0.4) is 0 Å². The van der Waals surface area contributed by atoms with Gasteiger partial charge in [0.2, 0.25) is 0 Å². The standard InChI is InChI=1S/C30H40O3/c1-2-25(26-10-12-28(13-11-26)30(32)27-8-3-4-9-27)21-29(31)20-24-7-5-6-23(19-24)18-22-14-16-33-17-15-22/h3-8,19,22,25-26,28H,2,9-18,20-21H2,1H3. The molecule has 1 aromatic rings. The monoisotopic (exact) mass is 448 g/mol. The van der Waals surface area contributed by atoms with E-state index in [0.29, 0.717) is 42.2 Å². The second-order valence-corrected chi connectivity index (χ2v) is 10.5. The molecule has 1 aliphatic heterocycles. The summed E-state index contributed by atoms with van der Waals surface area (Å²) in [6, 6.07) is 8.67. The van der Waals surface area contributed by atoms with Crippen molar-refractivity contribution < 1.29 is 14.3 Å². The number of carbonyl (C=O) groups is 2. The number of hydrogen-bond donors (Lipinski definition) is 0. The lowest BCUT2D eigenvalue weighted by molar-refractivity contribution is -0.122. The van der Waals surface area contributed by atoms with Crippen LogP contribution < -0.4 is 0 Å². The summed E-state index contributed by atoms with van der Waals surface area (Å²) < 4.78 is 5.49. The van der Waals surface area contributed by atoms with Gasteiger partial charge in [-0.25, -0.2) is 0 Å². The molecule has 3 aliphatic rings. The number of benzene rings is 1. The Kier molecular flexibility index (Phi) is 8.72. The van der Waals surface area contributed by atoms with Gasteiger partial charge in [-0.1, -0.05) is 55.8 Å². The number of rotatable bonds is 10. The first-order valence-corrected chi connectivity index (χ1v) is 13.2. The van der Waals surface area contributed by atoms with E-state index in [0.717, 1.165) is 82.1 Å². The van der Waals surface area contributed by atoms with E-state index in [1.54, 1.807) is 0 Å². The van der Waals surface area contributed by atoms with E-state index in [1.807, 2.05) is 12.2 Å². The highest BCUT2D eigenvalue weighted by Crippen LogP contribution is 2.38. The quantitative estimate of drug-likeness (QED) is 0.413. The van der Waals surface area contributed by atoms with Crippen LogP contribution in [-0.4, -0.2) is 24.8 Å². The van der Waals surface area contributed by atoms with E-state index < -0.39 is 0 Å². The van der Waals surface area contributed by atoms with Crippen molar-refractivity contribution in [1.82, 2.24) is 0 Å². The van der Waals surface area contributed by atoms with Gasteiger partial charge in [-0.05, 0) is 85.8 Å². The Morgan fingerprint density at radius 3 is 2.48 bits per heavy atom. The van der Waals surface area contributed by atoms with Gasteiger partial charge in [-0.15, -0.1) is 0 Å². The fraction of sp³-hybridized carbons (Fsp3) is 0.600. The van der Waals surface area contributed by atoms with Crippen LogP contribution in [0, 0.1) is 23.7 Å². The van der Waals surface area contributed by atoms with Crippen molar-refractivity contribution in [3.05, 3.63) is 59.2 Å². The van der Waals surface area contributed by atoms with Gasteiger partial charge in [0, 0.05) is 32.0 Å². The van der Waals surface area contributed by atoms with Crippen LogP contribution in [0.15, 0.2) is 48.1 Å². The first-order valence-electron chi connectivity index (χ1n) is 13.2. The lowest BCUT2D eigenvalue weighted by Gasteiger charge is -2.33. The van der Waals surface area contributed by atoms with Crippen LogP contribution in [0.1, 0.15) is 75.8 Å². The number of ether oxygens (including phenoxy) is 1. The molecule has 0 amide bonds. The Morgan fingerprint density at radius 2 is 1.79 bits per heavy atom. The number of Topliss-reactive ketones (excluding diaryl/α,β-unsaturated/α-hetero) is 2. The Hall–Kier alpha value is -2.00. The Bertz CT molecular complexity index is 866. The molecule has 2 fully saturated rings. The van der Waals surface area contributed by atoms with E-state index in [1.165, 1.54) is 5.56 Å². The maximum Gasteiger partial charge on any atom is 0.162 e. The van der Waals surface area contributed by atoms with Crippen LogP contribution in [-0.2, 0) is 27.2 Å². The highest BCUT2D eigenvalue weighted by molar-refractivity contribution is 5.98. The van der Waals surface area contributed by atoms with Gasteiger partial charge in [-0.3, -0.25) is 9.59 Å². The molecule has 178 valence electrons. The van der Waals surface area contributed by atoms with Crippen LogP contribution in [0.4, 0.5) is 0 Å². The number of ketones is 2. The van der Waals surface area contributed by atoms with Crippen LogP contribution in [0.5, 0.6) is 0 Å². The lowest BCUT2D eigenvalue weighted by atomic mass is 9.71. The fourth-order valence-electron chi connectivity index (χ4n) is 6.13.